The summed E-state index contributed by atoms with van der Waals surface area (Å²) in [7, 11) is 1.35. The number of benzene rings is 1. The molecule has 0 saturated carbocycles. The fourth-order valence-electron chi connectivity index (χ4n) is 1.59. The average molecular weight is 227 g/mol. The Morgan fingerprint density at radius 3 is 3.13 bits per heavy atom. The minimum Gasteiger partial charge on any atom is -0.493 e. The maximum absolute atomic E-state index is 11.3. The highest BCUT2D eigenvalue weighted by Crippen LogP contribution is 2.36. The smallest absolute Gasteiger partial charge is 0.337 e. The first-order valence-corrected chi connectivity index (χ1v) is 5.15. The monoisotopic (exact) mass is 226 g/mol. The van der Waals surface area contributed by atoms with Crippen LogP contribution in [0.2, 0.25) is 0 Å². The summed E-state index contributed by atoms with van der Waals surface area (Å²) >= 11 is 6.12. The number of hydrogen-bond acceptors (Lipinski definition) is 3. The van der Waals surface area contributed by atoms with Crippen LogP contribution in [0.25, 0.3) is 0 Å². The van der Waals surface area contributed by atoms with Crippen LogP contribution in [0, 0.1) is 0 Å². The van der Waals surface area contributed by atoms with Gasteiger partial charge in [-0.2, -0.15) is 0 Å². The maximum atomic E-state index is 11.3. The van der Waals surface area contributed by atoms with Crippen LogP contribution in [-0.2, 0) is 4.74 Å². The third-order valence-corrected chi connectivity index (χ3v) is 2.85. The fourth-order valence-corrected chi connectivity index (χ4v) is 1.86. The van der Waals surface area contributed by atoms with E-state index < -0.39 is 0 Å². The van der Waals surface area contributed by atoms with Crippen LogP contribution in [0.5, 0.6) is 5.75 Å². The van der Waals surface area contributed by atoms with Crippen molar-refractivity contribution in [3.8, 4) is 5.75 Å². The van der Waals surface area contributed by atoms with Gasteiger partial charge in [0.25, 0.3) is 0 Å². The molecule has 1 heterocycles. The molecule has 0 N–H and O–H groups in total. The van der Waals surface area contributed by atoms with Gasteiger partial charge in [-0.15, -0.1) is 11.6 Å². The molecule has 0 fully saturated rings. The van der Waals surface area contributed by atoms with Gasteiger partial charge in [0, 0.05) is 12.0 Å². The zero-order chi connectivity index (χ0) is 10.8. The zero-order valence-electron chi connectivity index (χ0n) is 8.33. The molecule has 4 heteroatoms. The van der Waals surface area contributed by atoms with E-state index in [1.165, 1.54) is 7.11 Å². The first kappa shape index (κ1) is 10.3. The molecule has 0 aromatic heterocycles. The van der Waals surface area contributed by atoms with Crippen LogP contribution in [0.4, 0.5) is 0 Å². The van der Waals surface area contributed by atoms with E-state index in [9.17, 15) is 4.79 Å². The van der Waals surface area contributed by atoms with E-state index in [1.54, 1.807) is 12.1 Å². The SMILES string of the molecule is COC(=O)c1ccc2c(c1)OCCC2Cl. The van der Waals surface area contributed by atoms with Crippen molar-refractivity contribution in [2.75, 3.05) is 13.7 Å². The molecule has 2 rings (SSSR count). The lowest BCUT2D eigenvalue weighted by atomic mass is 10.0. The maximum Gasteiger partial charge on any atom is 0.337 e. The molecule has 1 unspecified atom stereocenters. The number of esters is 1. The number of methoxy groups -OCH3 is 1. The lowest BCUT2D eigenvalue weighted by molar-refractivity contribution is 0.0600. The molecule has 80 valence electrons. The van der Waals surface area contributed by atoms with Gasteiger partial charge in [-0.05, 0) is 12.1 Å². The average Bonchev–Trinajstić information content (AvgIpc) is 2.28. The number of hydrogen-bond donors (Lipinski definition) is 0. The highest BCUT2D eigenvalue weighted by atomic mass is 35.5. The van der Waals surface area contributed by atoms with Crippen molar-refractivity contribution in [2.45, 2.75) is 11.8 Å². The second kappa shape index (κ2) is 4.11. The number of ether oxygens (including phenoxy) is 2. The molecule has 0 amide bonds. The second-order valence-electron chi connectivity index (χ2n) is 3.35. The summed E-state index contributed by atoms with van der Waals surface area (Å²) in [6.45, 7) is 0.589. The molecule has 0 spiro atoms. The Morgan fingerprint density at radius 2 is 2.40 bits per heavy atom. The quantitative estimate of drug-likeness (QED) is 0.545. The van der Waals surface area contributed by atoms with Crippen molar-refractivity contribution in [1.29, 1.82) is 0 Å². The van der Waals surface area contributed by atoms with Crippen LogP contribution in [0.3, 0.4) is 0 Å². The van der Waals surface area contributed by atoms with Gasteiger partial charge in [0.1, 0.15) is 5.75 Å². The van der Waals surface area contributed by atoms with Gasteiger partial charge in [0.05, 0.1) is 24.7 Å². The van der Waals surface area contributed by atoms with Crippen molar-refractivity contribution < 1.29 is 14.3 Å². The third kappa shape index (κ3) is 1.92. The summed E-state index contributed by atoms with van der Waals surface area (Å²) in [5.74, 6) is 0.322. The molecule has 1 aromatic carbocycles. The van der Waals surface area contributed by atoms with Crippen LogP contribution < -0.4 is 4.74 Å². The van der Waals surface area contributed by atoms with Crippen molar-refractivity contribution in [2.24, 2.45) is 0 Å². The van der Waals surface area contributed by atoms with Gasteiger partial charge in [0.15, 0.2) is 0 Å². The summed E-state index contributed by atoms with van der Waals surface area (Å²) in [4.78, 5) is 11.3. The summed E-state index contributed by atoms with van der Waals surface area (Å²) < 4.78 is 10.1. The molecule has 0 bridgehead atoms. The minimum atomic E-state index is -0.363. The third-order valence-electron chi connectivity index (χ3n) is 2.40. The minimum absolute atomic E-state index is 0.0274. The van der Waals surface area contributed by atoms with Crippen molar-refractivity contribution >= 4 is 17.6 Å². The van der Waals surface area contributed by atoms with E-state index in [0.29, 0.717) is 17.9 Å². The standard InChI is InChI=1S/C11H11ClO3/c1-14-11(13)7-2-3-8-9(12)4-5-15-10(8)6-7/h2-3,6,9H,4-5H2,1H3. The summed E-state index contributed by atoms with van der Waals surface area (Å²) in [6.07, 6.45) is 0.798. The number of rotatable bonds is 1. The molecule has 1 aliphatic heterocycles. The number of fused-ring (bicyclic) bond motifs is 1. The zero-order valence-corrected chi connectivity index (χ0v) is 9.08. The second-order valence-corrected chi connectivity index (χ2v) is 3.88. The van der Waals surface area contributed by atoms with Gasteiger partial charge < -0.3 is 9.47 Å². The molecule has 0 radical (unpaired) electrons. The number of carbonyl (C=O) groups excluding carboxylic acids is 1. The van der Waals surface area contributed by atoms with Crippen molar-refractivity contribution in [3.05, 3.63) is 29.3 Å². The fraction of sp³-hybridized carbons (Fsp3) is 0.364. The molecular formula is C11H11ClO3. The molecule has 15 heavy (non-hydrogen) atoms. The van der Waals surface area contributed by atoms with E-state index >= 15 is 0 Å². The molecular weight excluding hydrogens is 216 g/mol. The van der Waals surface area contributed by atoms with Gasteiger partial charge in [0.2, 0.25) is 0 Å². The van der Waals surface area contributed by atoms with E-state index in [0.717, 1.165) is 12.0 Å². The summed E-state index contributed by atoms with van der Waals surface area (Å²) in [5.41, 5.74) is 1.43. The number of halogens is 1. The van der Waals surface area contributed by atoms with Crippen LogP contribution in [0.1, 0.15) is 27.7 Å². The Labute approximate surface area is 92.9 Å². The van der Waals surface area contributed by atoms with Crippen molar-refractivity contribution in [3.63, 3.8) is 0 Å². The van der Waals surface area contributed by atoms with Crippen LogP contribution in [0.15, 0.2) is 18.2 Å². The molecule has 0 saturated heterocycles. The van der Waals surface area contributed by atoms with E-state index in [1.807, 2.05) is 6.07 Å². The first-order valence-electron chi connectivity index (χ1n) is 4.71. The topological polar surface area (TPSA) is 35.5 Å². The van der Waals surface area contributed by atoms with Gasteiger partial charge >= 0.3 is 5.97 Å². The number of carbonyl (C=O) groups is 1. The Bertz CT molecular complexity index is 389. The lowest BCUT2D eigenvalue weighted by Crippen LogP contribution is -2.12. The van der Waals surface area contributed by atoms with Gasteiger partial charge in [-0.25, -0.2) is 4.79 Å². The molecule has 1 aromatic rings. The molecule has 1 atom stereocenters. The van der Waals surface area contributed by atoms with Crippen LogP contribution >= 0.6 is 11.6 Å². The Hall–Kier alpha value is -1.22. The summed E-state index contributed by atoms with van der Waals surface area (Å²) in [6, 6.07) is 5.20. The Balaban J connectivity index is 2.37. The van der Waals surface area contributed by atoms with Gasteiger partial charge in [-0.1, -0.05) is 6.07 Å². The van der Waals surface area contributed by atoms with E-state index in [-0.39, 0.29) is 11.3 Å². The molecule has 0 aliphatic carbocycles. The summed E-state index contributed by atoms with van der Waals surface area (Å²) in [5, 5.41) is -0.0274. The molecule has 1 aliphatic rings. The predicted molar refractivity (Wildman–Crippen MR) is 56.5 cm³/mol. The molecule has 3 nitrogen and oxygen atoms in total. The van der Waals surface area contributed by atoms with Crippen LogP contribution in [-0.4, -0.2) is 19.7 Å². The highest BCUT2D eigenvalue weighted by Gasteiger charge is 2.20. The Kier molecular flexibility index (Phi) is 2.82. The lowest BCUT2D eigenvalue weighted by Gasteiger charge is -2.21. The van der Waals surface area contributed by atoms with Gasteiger partial charge in [-0.3, -0.25) is 0 Å². The van der Waals surface area contributed by atoms with Crippen molar-refractivity contribution in [1.82, 2.24) is 0 Å². The predicted octanol–water partition coefficient (Wildman–Crippen LogP) is 2.54. The Morgan fingerprint density at radius 1 is 1.60 bits per heavy atom. The number of alkyl halides is 1. The largest absolute Gasteiger partial charge is 0.493 e. The highest BCUT2D eigenvalue weighted by molar-refractivity contribution is 6.21. The first-order chi connectivity index (χ1) is 7.22. The van der Waals surface area contributed by atoms with E-state index in [2.05, 4.69) is 4.74 Å². The van der Waals surface area contributed by atoms with E-state index in [4.69, 9.17) is 16.3 Å². The normalized spacial score (nSPS) is 18.9.